The molecule has 0 bridgehead atoms. The van der Waals surface area contributed by atoms with Crippen LogP contribution in [0.3, 0.4) is 0 Å². The zero-order valence-corrected chi connectivity index (χ0v) is 10.6. The topological polar surface area (TPSA) is 60.8 Å². The molecule has 0 radical (unpaired) electrons. The molecule has 16 heavy (non-hydrogen) atoms. The molecule has 0 aliphatic heterocycles. The Kier molecular flexibility index (Phi) is 4.76. The van der Waals surface area contributed by atoms with Gasteiger partial charge in [0.1, 0.15) is 5.75 Å². The molecular weight excluding hydrogens is 274 g/mol. The highest BCUT2D eigenvalue weighted by molar-refractivity contribution is 9.10. The molecule has 0 atom stereocenters. The maximum atomic E-state index is 11.9. The first-order valence-corrected chi connectivity index (χ1v) is 5.78. The lowest BCUT2D eigenvalue weighted by Gasteiger charge is -2.20. The van der Waals surface area contributed by atoms with Crippen molar-refractivity contribution in [2.24, 2.45) is 0 Å². The number of aliphatic hydroxyl groups is 1. The van der Waals surface area contributed by atoms with E-state index in [4.69, 9.17) is 5.11 Å². The van der Waals surface area contributed by atoms with Crippen LogP contribution in [0.5, 0.6) is 5.75 Å². The fraction of sp³-hybridized carbons (Fsp3) is 0.364. The van der Waals surface area contributed by atoms with E-state index >= 15 is 0 Å². The highest BCUT2D eigenvalue weighted by atomic mass is 79.9. The van der Waals surface area contributed by atoms with Crippen molar-refractivity contribution in [3.63, 3.8) is 0 Å². The third-order valence-electron chi connectivity index (χ3n) is 2.23. The largest absolute Gasteiger partial charge is 0.507 e. The molecule has 1 aromatic carbocycles. The summed E-state index contributed by atoms with van der Waals surface area (Å²) in [7, 11) is 0. The van der Waals surface area contributed by atoms with Gasteiger partial charge in [-0.2, -0.15) is 0 Å². The molecule has 0 aliphatic rings. The summed E-state index contributed by atoms with van der Waals surface area (Å²) < 4.78 is 0.715. The Balaban J connectivity index is 2.94. The van der Waals surface area contributed by atoms with E-state index in [1.165, 1.54) is 11.0 Å². The molecule has 0 aromatic heterocycles. The summed E-state index contributed by atoms with van der Waals surface area (Å²) in [6, 6.07) is 4.72. The van der Waals surface area contributed by atoms with Crippen LogP contribution in [-0.2, 0) is 0 Å². The lowest BCUT2D eigenvalue weighted by Crippen LogP contribution is -2.33. The van der Waals surface area contributed by atoms with E-state index in [1.807, 2.05) is 6.92 Å². The number of hydrogen-bond acceptors (Lipinski definition) is 3. The summed E-state index contributed by atoms with van der Waals surface area (Å²) in [6.45, 7) is 2.50. The van der Waals surface area contributed by atoms with Crippen LogP contribution >= 0.6 is 15.9 Å². The molecule has 5 heteroatoms. The minimum atomic E-state index is -0.276. The second-order valence-corrected chi connectivity index (χ2v) is 4.19. The fourth-order valence-corrected chi connectivity index (χ4v) is 1.73. The summed E-state index contributed by atoms with van der Waals surface area (Å²) in [6.07, 6.45) is 0. The molecule has 0 saturated carbocycles. The van der Waals surface area contributed by atoms with E-state index in [1.54, 1.807) is 12.1 Å². The van der Waals surface area contributed by atoms with Crippen LogP contribution in [0.1, 0.15) is 17.3 Å². The number of phenolic OH excluding ortho intramolecular Hbond substituents is 1. The Morgan fingerprint density at radius 2 is 2.19 bits per heavy atom. The van der Waals surface area contributed by atoms with Crippen LogP contribution in [0, 0.1) is 0 Å². The molecule has 2 N–H and O–H groups in total. The Labute approximate surface area is 103 Å². The van der Waals surface area contributed by atoms with Gasteiger partial charge in [0.15, 0.2) is 0 Å². The quantitative estimate of drug-likeness (QED) is 0.885. The van der Waals surface area contributed by atoms with Crippen LogP contribution in [0.25, 0.3) is 0 Å². The number of hydrogen-bond donors (Lipinski definition) is 2. The van der Waals surface area contributed by atoms with Gasteiger partial charge in [-0.3, -0.25) is 4.79 Å². The second-order valence-electron chi connectivity index (χ2n) is 3.27. The second kappa shape index (κ2) is 5.86. The number of nitrogens with zero attached hydrogens (tertiary/aromatic N) is 1. The zero-order valence-electron chi connectivity index (χ0n) is 8.98. The highest BCUT2D eigenvalue weighted by Crippen LogP contribution is 2.23. The van der Waals surface area contributed by atoms with Crippen molar-refractivity contribution >= 4 is 21.8 Å². The van der Waals surface area contributed by atoms with Gasteiger partial charge in [-0.15, -0.1) is 0 Å². The molecule has 0 heterocycles. The smallest absolute Gasteiger partial charge is 0.257 e. The van der Waals surface area contributed by atoms with E-state index in [0.29, 0.717) is 11.0 Å². The number of halogens is 1. The van der Waals surface area contributed by atoms with Crippen molar-refractivity contribution in [1.82, 2.24) is 4.90 Å². The van der Waals surface area contributed by atoms with E-state index in [2.05, 4.69) is 15.9 Å². The predicted molar refractivity (Wildman–Crippen MR) is 64.5 cm³/mol. The number of amides is 1. The molecule has 0 aliphatic carbocycles. The van der Waals surface area contributed by atoms with Crippen LogP contribution in [0.15, 0.2) is 22.7 Å². The molecule has 0 saturated heterocycles. The van der Waals surface area contributed by atoms with Gasteiger partial charge >= 0.3 is 0 Å². The molecule has 1 rings (SSSR count). The van der Waals surface area contributed by atoms with E-state index in [-0.39, 0.29) is 30.4 Å². The average molecular weight is 288 g/mol. The normalized spacial score (nSPS) is 10.2. The van der Waals surface area contributed by atoms with Crippen LogP contribution in [0.4, 0.5) is 0 Å². The van der Waals surface area contributed by atoms with Crippen molar-refractivity contribution in [1.29, 1.82) is 0 Å². The standard InChI is InChI=1S/C11H14BrNO3/c1-2-13(5-6-14)11(16)9-4-3-8(12)7-10(9)15/h3-4,7,14-15H,2,5-6H2,1H3. The maximum Gasteiger partial charge on any atom is 0.257 e. The van der Waals surface area contributed by atoms with Gasteiger partial charge in [0, 0.05) is 17.6 Å². The Hall–Kier alpha value is -1.07. The first-order chi connectivity index (χ1) is 7.60. The molecule has 4 nitrogen and oxygen atoms in total. The van der Waals surface area contributed by atoms with E-state index in [0.717, 1.165) is 0 Å². The highest BCUT2D eigenvalue weighted by Gasteiger charge is 2.17. The van der Waals surface area contributed by atoms with Gasteiger partial charge in [-0.1, -0.05) is 15.9 Å². The number of likely N-dealkylation sites (N-methyl/N-ethyl adjacent to an activating group) is 1. The monoisotopic (exact) mass is 287 g/mol. The van der Waals surface area contributed by atoms with Gasteiger partial charge in [0.25, 0.3) is 5.91 Å². The van der Waals surface area contributed by atoms with Gasteiger partial charge in [-0.25, -0.2) is 0 Å². The number of carbonyl (C=O) groups is 1. The van der Waals surface area contributed by atoms with Crippen molar-refractivity contribution in [3.8, 4) is 5.75 Å². The van der Waals surface area contributed by atoms with Crippen molar-refractivity contribution in [2.45, 2.75) is 6.92 Å². The SMILES string of the molecule is CCN(CCO)C(=O)c1ccc(Br)cc1O. The first-order valence-electron chi connectivity index (χ1n) is 4.98. The lowest BCUT2D eigenvalue weighted by molar-refractivity contribution is 0.0729. The lowest BCUT2D eigenvalue weighted by atomic mass is 10.1. The number of rotatable bonds is 4. The molecular formula is C11H14BrNO3. The van der Waals surface area contributed by atoms with Crippen molar-refractivity contribution < 1.29 is 15.0 Å². The van der Waals surface area contributed by atoms with Crippen molar-refractivity contribution in [3.05, 3.63) is 28.2 Å². The summed E-state index contributed by atoms with van der Waals surface area (Å²) in [5.41, 5.74) is 0.249. The minimum Gasteiger partial charge on any atom is -0.507 e. The molecule has 0 fully saturated rings. The number of aromatic hydroxyl groups is 1. The molecule has 88 valence electrons. The summed E-state index contributed by atoms with van der Waals surface area (Å²) in [4.78, 5) is 13.4. The summed E-state index contributed by atoms with van der Waals surface area (Å²) in [5, 5.41) is 18.4. The molecule has 0 spiro atoms. The van der Waals surface area contributed by atoms with Crippen LogP contribution in [0.2, 0.25) is 0 Å². The Morgan fingerprint density at radius 1 is 1.50 bits per heavy atom. The first kappa shape index (κ1) is 13.0. The molecule has 1 aromatic rings. The Bertz CT molecular complexity index is 381. The fourth-order valence-electron chi connectivity index (χ4n) is 1.38. The predicted octanol–water partition coefficient (Wildman–Crippen LogP) is 1.61. The molecule has 1 amide bonds. The number of aliphatic hydroxyl groups excluding tert-OH is 1. The van der Waals surface area contributed by atoms with Gasteiger partial charge in [0.2, 0.25) is 0 Å². The third-order valence-corrected chi connectivity index (χ3v) is 2.72. The number of benzene rings is 1. The van der Waals surface area contributed by atoms with E-state index < -0.39 is 0 Å². The third kappa shape index (κ3) is 2.96. The Morgan fingerprint density at radius 3 is 2.69 bits per heavy atom. The maximum absolute atomic E-state index is 11.9. The van der Waals surface area contributed by atoms with E-state index in [9.17, 15) is 9.90 Å². The summed E-state index contributed by atoms with van der Waals surface area (Å²) >= 11 is 3.21. The number of phenols is 1. The molecule has 0 unspecified atom stereocenters. The van der Waals surface area contributed by atoms with Gasteiger partial charge in [-0.05, 0) is 25.1 Å². The average Bonchev–Trinajstić information content (AvgIpc) is 2.25. The number of carbonyl (C=O) groups excluding carboxylic acids is 1. The minimum absolute atomic E-state index is 0.0595. The van der Waals surface area contributed by atoms with Crippen LogP contribution < -0.4 is 0 Å². The zero-order chi connectivity index (χ0) is 12.1. The van der Waals surface area contributed by atoms with Gasteiger partial charge < -0.3 is 15.1 Å². The van der Waals surface area contributed by atoms with Gasteiger partial charge in [0.05, 0.1) is 12.2 Å². The summed E-state index contributed by atoms with van der Waals surface area (Å²) in [5.74, 6) is -0.336. The van der Waals surface area contributed by atoms with Crippen molar-refractivity contribution in [2.75, 3.05) is 19.7 Å². The van der Waals surface area contributed by atoms with Crippen LogP contribution in [-0.4, -0.2) is 40.7 Å².